The SMILES string of the molecule is COc1ccc(C(C)NC(=O)NCCCN2C(=O)c3ccc([N+](=O)[O-])cc3C2=O)cc1. The Morgan fingerprint density at radius 1 is 1.13 bits per heavy atom. The second-order valence-corrected chi connectivity index (χ2v) is 7.00. The lowest BCUT2D eigenvalue weighted by molar-refractivity contribution is -0.384. The molecule has 31 heavy (non-hydrogen) atoms. The van der Waals surface area contributed by atoms with Gasteiger partial charge in [-0.2, -0.15) is 0 Å². The molecule has 162 valence electrons. The first-order valence-electron chi connectivity index (χ1n) is 9.64. The number of benzene rings is 2. The van der Waals surface area contributed by atoms with Crippen molar-refractivity contribution in [3.05, 3.63) is 69.3 Å². The van der Waals surface area contributed by atoms with E-state index in [1.54, 1.807) is 7.11 Å². The number of nitro benzene ring substituents is 1. The number of hydrogen-bond donors (Lipinski definition) is 2. The molecule has 3 rings (SSSR count). The number of fused-ring (bicyclic) bond motifs is 1. The molecule has 1 aliphatic rings. The van der Waals surface area contributed by atoms with E-state index in [9.17, 15) is 24.5 Å². The van der Waals surface area contributed by atoms with E-state index in [4.69, 9.17) is 4.74 Å². The first kappa shape index (κ1) is 21.8. The van der Waals surface area contributed by atoms with E-state index in [1.165, 1.54) is 12.1 Å². The maximum atomic E-state index is 12.4. The zero-order chi connectivity index (χ0) is 22.5. The third-order valence-electron chi connectivity index (χ3n) is 4.97. The molecular weight excluding hydrogens is 404 g/mol. The number of ether oxygens (including phenoxy) is 1. The number of amides is 4. The van der Waals surface area contributed by atoms with Gasteiger partial charge in [-0.05, 0) is 37.1 Å². The van der Waals surface area contributed by atoms with E-state index in [2.05, 4.69) is 10.6 Å². The number of hydrogen-bond acceptors (Lipinski definition) is 6. The third-order valence-corrected chi connectivity index (χ3v) is 4.97. The number of nitrogens with one attached hydrogen (secondary N) is 2. The van der Waals surface area contributed by atoms with Crippen LogP contribution in [0.25, 0.3) is 0 Å². The molecule has 0 aliphatic carbocycles. The Labute approximate surface area is 178 Å². The van der Waals surface area contributed by atoms with Crippen molar-refractivity contribution in [1.29, 1.82) is 0 Å². The van der Waals surface area contributed by atoms with Crippen LogP contribution in [0.5, 0.6) is 5.75 Å². The smallest absolute Gasteiger partial charge is 0.315 e. The molecule has 0 bridgehead atoms. The van der Waals surface area contributed by atoms with Gasteiger partial charge in [0, 0.05) is 25.2 Å². The van der Waals surface area contributed by atoms with Crippen LogP contribution in [0.15, 0.2) is 42.5 Å². The van der Waals surface area contributed by atoms with Crippen LogP contribution in [-0.4, -0.2) is 47.9 Å². The van der Waals surface area contributed by atoms with Crippen molar-refractivity contribution >= 4 is 23.5 Å². The summed E-state index contributed by atoms with van der Waals surface area (Å²) in [7, 11) is 1.58. The van der Waals surface area contributed by atoms with E-state index in [-0.39, 0.29) is 42.0 Å². The molecule has 1 heterocycles. The average Bonchev–Trinajstić information content (AvgIpc) is 3.00. The van der Waals surface area contributed by atoms with Crippen LogP contribution in [0.4, 0.5) is 10.5 Å². The quantitative estimate of drug-likeness (QED) is 0.289. The standard InChI is InChI=1S/C21H22N4O6/c1-13(14-4-7-16(31-2)8-5-14)23-21(28)22-10-3-11-24-19(26)17-9-6-15(25(29)30)12-18(17)20(24)27/h4-9,12-13H,3,10-11H2,1-2H3,(H2,22,23,28). The number of nitrogens with zero attached hydrogens (tertiary/aromatic N) is 2. The molecule has 0 aromatic heterocycles. The number of methoxy groups -OCH3 is 1. The Kier molecular flexibility index (Phi) is 6.49. The van der Waals surface area contributed by atoms with Gasteiger partial charge < -0.3 is 15.4 Å². The molecule has 0 spiro atoms. The molecule has 4 amide bonds. The highest BCUT2D eigenvalue weighted by atomic mass is 16.6. The molecule has 1 unspecified atom stereocenters. The largest absolute Gasteiger partial charge is 0.497 e. The van der Waals surface area contributed by atoms with Crippen LogP contribution in [0.3, 0.4) is 0 Å². The summed E-state index contributed by atoms with van der Waals surface area (Å²) in [6.45, 7) is 2.18. The summed E-state index contributed by atoms with van der Waals surface area (Å²) in [5, 5.41) is 16.4. The number of rotatable bonds is 8. The summed E-state index contributed by atoms with van der Waals surface area (Å²) < 4.78 is 5.11. The molecular formula is C21H22N4O6. The zero-order valence-corrected chi connectivity index (χ0v) is 17.1. The van der Waals surface area contributed by atoms with E-state index in [1.807, 2.05) is 31.2 Å². The van der Waals surface area contributed by atoms with Crippen LogP contribution < -0.4 is 15.4 Å². The van der Waals surface area contributed by atoms with Crippen molar-refractivity contribution in [2.45, 2.75) is 19.4 Å². The lowest BCUT2D eigenvalue weighted by Crippen LogP contribution is -2.39. The highest BCUT2D eigenvalue weighted by Crippen LogP contribution is 2.26. The summed E-state index contributed by atoms with van der Waals surface area (Å²) >= 11 is 0. The van der Waals surface area contributed by atoms with E-state index >= 15 is 0 Å². The summed E-state index contributed by atoms with van der Waals surface area (Å²) in [6, 6.07) is 10.3. The van der Waals surface area contributed by atoms with Gasteiger partial charge in [0.2, 0.25) is 0 Å². The van der Waals surface area contributed by atoms with Crippen LogP contribution in [0.1, 0.15) is 45.7 Å². The topological polar surface area (TPSA) is 131 Å². The Morgan fingerprint density at radius 3 is 2.45 bits per heavy atom. The van der Waals surface area contributed by atoms with Crippen LogP contribution in [0, 0.1) is 10.1 Å². The molecule has 0 saturated carbocycles. The van der Waals surface area contributed by atoms with Gasteiger partial charge >= 0.3 is 6.03 Å². The van der Waals surface area contributed by atoms with Gasteiger partial charge in [-0.1, -0.05) is 12.1 Å². The van der Waals surface area contributed by atoms with Gasteiger partial charge in [0.25, 0.3) is 17.5 Å². The fraction of sp³-hybridized carbons (Fsp3) is 0.286. The fourth-order valence-corrected chi connectivity index (χ4v) is 3.26. The van der Waals surface area contributed by atoms with E-state index < -0.39 is 16.7 Å². The number of non-ortho nitro benzene ring substituents is 1. The summed E-state index contributed by atoms with van der Waals surface area (Å²) in [4.78, 5) is 48.2. The Balaban J connectivity index is 1.47. The highest BCUT2D eigenvalue weighted by molar-refractivity contribution is 6.21. The lowest BCUT2D eigenvalue weighted by Gasteiger charge is -2.16. The predicted molar refractivity (Wildman–Crippen MR) is 111 cm³/mol. The molecule has 10 heteroatoms. The van der Waals surface area contributed by atoms with Gasteiger partial charge in [0.15, 0.2) is 0 Å². The van der Waals surface area contributed by atoms with Crippen molar-refractivity contribution in [1.82, 2.24) is 15.5 Å². The molecule has 2 aromatic carbocycles. The maximum absolute atomic E-state index is 12.4. The molecule has 0 fully saturated rings. The number of imide groups is 1. The molecule has 0 saturated heterocycles. The molecule has 2 N–H and O–H groups in total. The molecule has 1 atom stereocenters. The van der Waals surface area contributed by atoms with Crippen molar-refractivity contribution in [3.63, 3.8) is 0 Å². The normalized spacial score (nSPS) is 13.5. The van der Waals surface area contributed by atoms with E-state index in [0.717, 1.165) is 22.3 Å². The maximum Gasteiger partial charge on any atom is 0.315 e. The minimum Gasteiger partial charge on any atom is -0.497 e. The lowest BCUT2D eigenvalue weighted by atomic mass is 10.1. The summed E-state index contributed by atoms with van der Waals surface area (Å²) in [6.07, 6.45) is 0.345. The predicted octanol–water partition coefficient (Wildman–Crippen LogP) is 2.65. The highest BCUT2D eigenvalue weighted by Gasteiger charge is 2.36. The number of urea groups is 1. The van der Waals surface area contributed by atoms with Crippen molar-refractivity contribution in [3.8, 4) is 5.75 Å². The second-order valence-electron chi connectivity index (χ2n) is 7.00. The first-order valence-corrected chi connectivity index (χ1v) is 9.64. The van der Waals surface area contributed by atoms with Crippen molar-refractivity contribution in [2.75, 3.05) is 20.2 Å². The molecule has 10 nitrogen and oxygen atoms in total. The zero-order valence-electron chi connectivity index (χ0n) is 17.1. The van der Waals surface area contributed by atoms with E-state index in [0.29, 0.717) is 6.42 Å². The molecule has 1 aliphatic heterocycles. The van der Waals surface area contributed by atoms with Crippen molar-refractivity contribution in [2.24, 2.45) is 0 Å². The van der Waals surface area contributed by atoms with Gasteiger partial charge in [-0.15, -0.1) is 0 Å². The minimum atomic E-state index is -0.615. The van der Waals surface area contributed by atoms with Gasteiger partial charge in [-0.25, -0.2) is 4.79 Å². The van der Waals surface area contributed by atoms with Crippen LogP contribution in [-0.2, 0) is 0 Å². The number of carbonyl (C=O) groups excluding carboxylic acids is 3. The molecule has 2 aromatic rings. The van der Waals surface area contributed by atoms with Gasteiger partial charge in [-0.3, -0.25) is 24.6 Å². The fourth-order valence-electron chi connectivity index (χ4n) is 3.26. The Bertz CT molecular complexity index is 1020. The van der Waals surface area contributed by atoms with Gasteiger partial charge in [0.1, 0.15) is 5.75 Å². The van der Waals surface area contributed by atoms with Gasteiger partial charge in [0.05, 0.1) is 29.2 Å². The average molecular weight is 426 g/mol. The Morgan fingerprint density at radius 2 is 1.81 bits per heavy atom. The number of carbonyl (C=O) groups is 3. The third kappa shape index (κ3) is 4.80. The van der Waals surface area contributed by atoms with Crippen molar-refractivity contribution < 1.29 is 24.0 Å². The summed E-state index contributed by atoms with van der Waals surface area (Å²) in [5.41, 5.74) is 0.843. The van der Waals surface area contributed by atoms with Crippen LogP contribution in [0.2, 0.25) is 0 Å². The monoisotopic (exact) mass is 426 g/mol. The Hall–Kier alpha value is -3.95. The first-order chi connectivity index (χ1) is 14.8. The second kappa shape index (κ2) is 9.24. The number of nitro groups is 1. The molecule has 0 radical (unpaired) electrons. The van der Waals surface area contributed by atoms with Crippen LogP contribution >= 0.6 is 0 Å². The summed E-state index contributed by atoms with van der Waals surface area (Å²) in [5.74, 6) is -0.336. The minimum absolute atomic E-state index is 0.0261.